The molecule has 0 amide bonds. The predicted octanol–water partition coefficient (Wildman–Crippen LogP) is 3.91. The van der Waals surface area contributed by atoms with Crippen LogP contribution in [-0.4, -0.2) is 19.2 Å². The molecule has 19 heavy (non-hydrogen) atoms. The van der Waals surface area contributed by atoms with Crippen LogP contribution >= 0.6 is 15.9 Å². The Morgan fingerprint density at radius 1 is 1.05 bits per heavy atom. The Labute approximate surface area is 120 Å². The Balaban J connectivity index is 2.31. The van der Waals surface area contributed by atoms with E-state index in [9.17, 15) is 0 Å². The second kappa shape index (κ2) is 5.93. The molecule has 0 saturated carbocycles. The third-order valence-electron chi connectivity index (χ3n) is 2.59. The summed E-state index contributed by atoms with van der Waals surface area (Å²) in [7, 11) is 3.25. The molecule has 1 heterocycles. The molecule has 2 rings (SSSR count). The van der Waals surface area contributed by atoms with E-state index in [-0.39, 0.29) is 0 Å². The normalized spacial score (nSPS) is 10.1. The van der Waals surface area contributed by atoms with Gasteiger partial charge in [0.15, 0.2) is 0 Å². The zero-order valence-corrected chi connectivity index (χ0v) is 12.6. The molecule has 0 bridgehead atoms. The first-order valence-electron chi connectivity index (χ1n) is 5.74. The highest BCUT2D eigenvalue weighted by molar-refractivity contribution is 9.10. The first-order valence-corrected chi connectivity index (χ1v) is 6.54. The van der Waals surface area contributed by atoms with Gasteiger partial charge in [0.1, 0.15) is 17.3 Å². The van der Waals surface area contributed by atoms with Gasteiger partial charge in [-0.1, -0.05) is 0 Å². The fourth-order valence-electron chi connectivity index (χ4n) is 1.64. The SMILES string of the molecule is COc1cc(Nc2ncc(C)cc2Br)cc(OC)c1. The second-order valence-corrected chi connectivity index (χ2v) is 4.92. The fourth-order valence-corrected chi connectivity index (χ4v) is 2.20. The zero-order chi connectivity index (χ0) is 13.8. The highest BCUT2D eigenvalue weighted by Gasteiger charge is 2.05. The van der Waals surface area contributed by atoms with Crippen LogP contribution in [0.1, 0.15) is 5.56 Å². The number of aryl methyl sites for hydroxylation is 1. The van der Waals surface area contributed by atoms with Crippen molar-refractivity contribution < 1.29 is 9.47 Å². The van der Waals surface area contributed by atoms with Gasteiger partial charge in [-0.05, 0) is 34.5 Å². The molecular formula is C14H15BrN2O2. The third-order valence-corrected chi connectivity index (χ3v) is 3.20. The summed E-state index contributed by atoms with van der Waals surface area (Å²) in [4.78, 5) is 4.34. The number of rotatable bonds is 4. The lowest BCUT2D eigenvalue weighted by Gasteiger charge is -2.11. The van der Waals surface area contributed by atoms with Crippen molar-refractivity contribution >= 4 is 27.4 Å². The quantitative estimate of drug-likeness (QED) is 0.926. The number of hydrogen-bond donors (Lipinski definition) is 1. The standard InChI is InChI=1S/C14H15BrN2O2/c1-9-4-13(15)14(16-8-9)17-10-5-11(18-2)7-12(6-10)19-3/h4-8H,1-3H3,(H,16,17). The van der Waals surface area contributed by atoms with E-state index in [0.717, 1.165) is 33.0 Å². The average Bonchev–Trinajstić information content (AvgIpc) is 2.41. The molecule has 0 radical (unpaired) electrons. The first kappa shape index (κ1) is 13.7. The number of hydrogen-bond acceptors (Lipinski definition) is 4. The van der Waals surface area contributed by atoms with Crippen molar-refractivity contribution in [3.8, 4) is 11.5 Å². The molecule has 0 fully saturated rings. The highest BCUT2D eigenvalue weighted by atomic mass is 79.9. The number of nitrogens with one attached hydrogen (secondary N) is 1. The number of ether oxygens (including phenoxy) is 2. The van der Waals surface area contributed by atoms with Crippen LogP contribution in [0.15, 0.2) is 34.9 Å². The van der Waals surface area contributed by atoms with E-state index in [2.05, 4.69) is 26.2 Å². The lowest BCUT2D eigenvalue weighted by molar-refractivity contribution is 0.395. The predicted molar refractivity (Wildman–Crippen MR) is 79.5 cm³/mol. The van der Waals surface area contributed by atoms with E-state index in [4.69, 9.17) is 9.47 Å². The van der Waals surface area contributed by atoms with Gasteiger partial charge >= 0.3 is 0 Å². The summed E-state index contributed by atoms with van der Waals surface area (Å²) in [5.74, 6) is 2.20. The Morgan fingerprint density at radius 2 is 1.68 bits per heavy atom. The smallest absolute Gasteiger partial charge is 0.144 e. The topological polar surface area (TPSA) is 43.4 Å². The van der Waals surface area contributed by atoms with E-state index < -0.39 is 0 Å². The van der Waals surface area contributed by atoms with Crippen LogP contribution in [0.5, 0.6) is 11.5 Å². The summed E-state index contributed by atoms with van der Waals surface area (Å²) in [5, 5.41) is 3.23. The fraction of sp³-hybridized carbons (Fsp3) is 0.214. The Bertz CT molecular complexity index is 565. The maximum atomic E-state index is 5.23. The van der Waals surface area contributed by atoms with Crippen LogP contribution in [-0.2, 0) is 0 Å². The molecule has 1 aromatic carbocycles. The summed E-state index contributed by atoms with van der Waals surface area (Å²) >= 11 is 3.49. The molecule has 0 unspecified atom stereocenters. The average molecular weight is 323 g/mol. The highest BCUT2D eigenvalue weighted by Crippen LogP contribution is 2.30. The van der Waals surface area contributed by atoms with E-state index >= 15 is 0 Å². The van der Waals surface area contributed by atoms with Gasteiger partial charge in [-0.15, -0.1) is 0 Å². The minimum Gasteiger partial charge on any atom is -0.497 e. The molecule has 0 aliphatic rings. The molecule has 1 N–H and O–H groups in total. The van der Waals surface area contributed by atoms with Gasteiger partial charge in [0.25, 0.3) is 0 Å². The van der Waals surface area contributed by atoms with Gasteiger partial charge in [-0.25, -0.2) is 4.98 Å². The van der Waals surface area contributed by atoms with Gasteiger partial charge in [-0.3, -0.25) is 0 Å². The summed E-state index contributed by atoms with van der Waals surface area (Å²) < 4.78 is 11.4. The van der Waals surface area contributed by atoms with Crippen molar-refractivity contribution in [3.05, 3.63) is 40.5 Å². The monoisotopic (exact) mass is 322 g/mol. The van der Waals surface area contributed by atoms with Crippen LogP contribution < -0.4 is 14.8 Å². The molecule has 4 nitrogen and oxygen atoms in total. The number of benzene rings is 1. The van der Waals surface area contributed by atoms with Crippen molar-refractivity contribution in [2.24, 2.45) is 0 Å². The number of nitrogens with zero attached hydrogens (tertiary/aromatic N) is 1. The van der Waals surface area contributed by atoms with Gasteiger partial charge in [-0.2, -0.15) is 0 Å². The molecule has 100 valence electrons. The van der Waals surface area contributed by atoms with Gasteiger partial charge in [0.05, 0.1) is 18.7 Å². The summed E-state index contributed by atoms with van der Waals surface area (Å²) in [6.07, 6.45) is 1.81. The van der Waals surface area contributed by atoms with Crippen molar-refractivity contribution in [2.75, 3.05) is 19.5 Å². The van der Waals surface area contributed by atoms with Crippen LogP contribution in [0.25, 0.3) is 0 Å². The van der Waals surface area contributed by atoms with Crippen LogP contribution in [0.2, 0.25) is 0 Å². The van der Waals surface area contributed by atoms with Crippen LogP contribution in [0, 0.1) is 6.92 Å². The molecular weight excluding hydrogens is 308 g/mol. The van der Waals surface area contributed by atoms with E-state index in [1.807, 2.05) is 37.4 Å². The van der Waals surface area contributed by atoms with Gasteiger partial charge in [0, 0.05) is 30.1 Å². The lowest BCUT2D eigenvalue weighted by atomic mass is 10.2. The van der Waals surface area contributed by atoms with Gasteiger partial charge < -0.3 is 14.8 Å². The van der Waals surface area contributed by atoms with E-state index in [0.29, 0.717) is 0 Å². The number of aromatic nitrogens is 1. The van der Waals surface area contributed by atoms with Crippen molar-refractivity contribution in [2.45, 2.75) is 6.92 Å². The third kappa shape index (κ3) is 3.38. The van der Waals surface area contributed by atoms with Crippen molar-refractivity contribution in [1.29, 1.82) is 0 Å². The lowest BCUT2D eigenvalue weighted by Crippen LogP contribution is -1.97. The molecule has 1 aromatic heterocycles. The number of halogens is 1. The first-order chi connectivity index (χ1) is 9.12. The number of methoxy groups -OCH3 is 2. The Kier molecular flexibility index (Phi) is 4.27. The number of anilines is 2. The molecule has 0 atom stereocenters. The zero-order valence-electron chi connectivity index (χ0n) is 11.0. The molecule has 5 heteroatoms. The largest absolute Gasteiger partial charge is 0.497 e. The minimum absolute atomic E-state index is 0.727. The second-order valence-electron chi connectivity index (χ2n) is 4.07. The maximum Gasteiger partial charge on any atom is 0.144 e. The summed E-state index contributed by atoms with van der Waals surface area (Å²) in [5.41, 5.74) is 1.95. The van der Waals surface area contributed by atoms with Crippen LogP contribution in [0.3, 0.4) is 0 Å². The van der Waals surface area contributed by atoms with Crippen LogP contribution in [0.4, 0.5) is 11.5 Å². The van der Waals surface area contributed by atoms with E-state index in [1.54, 1.807) is 14.2 Å². The Morgan fingerprint density at radius 3 is 2.21 bits per heavy atom. The summed E-state index contributed by atoms with van der Waals surface area (Å²) in [6.45, 7) is 2.00. The Hall–Kier alpha value is -1.75. The van der Waals surface area contributed by atoms with Gasteiger partial charge in [0.2, 0.25) is 0 Å². The minimum atomic E-state index is 0.727. The molecule has 0 aliphatic heterocycles. The summed E-state index contributed by atoms with van der Waals surface area (Å²) in [6, 6.07) is 7.60. The number of pyridine rings is 1. The van der Waals surface area contributed by atoms with Crippen molar-refractivity contribution in [1.82, 2.24) is 4.98 Å². The molecule has 2 aromatic rings. The van der Waals surface area contributed by atoms with Crippen molar-refractivity contribution in [3.63, 3.8) is 0 Å². The molecule has 0 spiro atoms. The maximum absolute atomic E-state index is 5.23. The van der Waals surface area contributed by atoms with E-state index in [1.165, 1.54) is 0 Å². The molecule has 0 aliphatic carbocycles. The molecule has 0 saturated heterocycles.